The number of amides is 1. The number of nitrogens with zero attached hydrogens (tertiary/aromatic N) is 2. The van der Waals surface area contributed by atoms with Gasteiger partial charge in [0.15, 0.2) is 5.76 Å². The lowest BCUT2D eigenvalue weighted by atomic mass is 10.1. The Balaban J connectivity index is 1.48. The van der Waals surface area contributed by atoms with Crippen molar-refractivity contribution in [2.24, 2.45) is 0 Å². The maximum Gasteiger partial charge on any atom is 0.291 e. The van der Waals surface area contributed by atoms with Crippen molar-refractivity contribution < 1.29 is 9.21 Å². The third kappa shape index (κ3) is 3.24. The molecule has 146 valence electrons. The fraction of sp³-hybridized carbons (Fsp3) is 0.0417. The van der Waals surface area contributed by atoms with E-state index in [1.807, 2.05) is 42.5 Å². The molecule has 0 aliphatic carbocycles. The minimum Gasteiger partial charge on any atom is -0.451 e. The molecule has 0 saturated carbocycles. The number of carbonyl (C=O) groups excluding carboxylic acids is 1. The van der Waals surface area contributed by atoms with Gasteiger partial charge in [0, 0.05) is 40.4 Å². The fourth-order valence-electron chi connectivity index (χ4n) is 3.52. The van der Waals surface area contributed by atoms with Gasteiger partial charge in [0.05, 0.1) is 6.54 Å². The number of furan rings is 1. The molecule has 0 atom stereocenters. The molecule has 5 aromatic rings. The van der Waals surface area contributed by atoms with Crippen LogP contribution >= 0.6 is 0 Å². The smallest absolute Gasteiger partial charge is 0.291 e. The molecule has 0 aliphatic rings. The first-order chi connectivity index (χ1) is 14.7. The molecule has 6 heteroatoms. The highest BCUT2D eigenvalue weighted by molar-refractivity contribution is 6.09. The van der Waals surface area contributed by atoms with Crippen LogP contribution in [0.25, 0.3) is 21.7 Å². The Bertz CT molecular complexity index is 1400. The number of nitrogens with one attached hydrogen (secondary N) is 1. The highest BCUT2D eigenvalue weighted by Crippen LogP contribution is 2.24. The molecule has 3 heterocycles. The largest absolute Gasteiger partial charge is 0.451 e. The zero-order valence-electron chi connectivity index (χ0n) is 15.9. The van der Waals surface area contributed by atoms with Crippen molar-refractivity contribution >= 4 is 33.3 Å². The maximum atomic E-state index is 13.0. The topological polar surface area (TPSA) is 77.1 Å². The number of hydrogen-bond donors (Lipinski definition) is 1. The lowest BCUT2D eigenvalue weighted by Crippen LogP contribution is -2.20. The molecule has 30 heavy (non-hydrogen) atoms. The SMILES string of the molecule is O=C(Nc1cccc2c(=O)n(Cc3cccnc3)ccc12)c1cc2ccccc2o1. The molecule has 0 radical (unpaired) electrons. The van der Waals surface area contributed by atoms with Gasteiger partial charge < -0.3 is 14.3 Å². The average Bonchev–Trinajstić information content (AvgIpc) is 3.21. The predicted octanol–water partition coefficient (Wildman–Crippen LogP) is 4.44. The van der Waals surface area contributed by atoms with Gasteiger partial charge >= 0.3 is 0 Å². The number of rotatable bonds is 4. The minimum absolute atomic E-state index is 0.129. The first kappa shape index (κ1) is 17.9. The number of aromatic nitrogens is 2. The lowest BCUT2D eigenvalue weighted by molar-refractivity contribution is 0.0999. The molecule has 6 nitrogen and oxygen atoms in total. The van der Waals surface area contributed by atoms with Gasteiger partial charge in [-0.25, -0.2) is 0 Å². The van der Waals surface area contributed by atoms with Gasteiger partial charge in [-0.15, -0.1) is 0 Å². The van der Waals surface area contributed by atoms with Crippen LogP contribution in [-0.2, 0) is 6.54 Å². The van der Waals surface area contributed by atoms with E-state index in [0.717, 1.165) is 10.9 Å². The third-order valence-electron chi connectivity index (χ3n) is 4.99. The first-order valence-electron chi connectivity index (χ1n) is 9.50. The molecule has 0 fully saturated rings. The summed E-state index contributed by atoms with van der Waals surface area (Å²) in [6.45, 7) is 0.429. The normalized spacial score (nSPS) is 11.1. The van der Waals surface area contributed by atoms with Crippen molar-refractivity contribution in [3.8, 4) is 0 Å². The van der Waals surface area contributed by atoms with Crippen LogP contribution in [0.3, 0.4) is 0 Å². The highest BCUT2D eigenvalue weighted by Gasteiger charge is 2.14. The second kappa shape index (κ2) is 7.33. The summed E-state index contributed by atoms with van der Waals surface area (Å²) in [6, 6.07) is 20.0. The molecule has 0 aliphatic heterocycles. The van der Waals surface area contributed by atoms with Crippen molar-refractivity contribution in [2.45, 2.75) is 6.54 Å². The Morgan fingerprint density at radius 1 is 1.00 bits per heavy atom. The van der Waals surface area contributed by atoms with Gasteiger partial charge in [0.1, 0.15) is 5.58 Å². The predicted molar refractivity (Wildman–Crippen MR) is 116 cm³/mol. The number of carbonyl (C=O) groups is 1. The molecule has 2 aromatic carbocycles. The van der Waals surface area contributed by atoms with E-state index in [-0.39, 0.29) is 17.2 Å². The standard InChI is InChI=1S/C24H17N3O3/c28-23(22-13-17-6-1-2-9-21(17)30-22)26-20-8-3-7-19-18(20)10-12-27(24(19)29)15-16-5-4-11-25-14-16/h1-14H,15H2,(H,26,28). The molecule has 0 bridgehead atoms. The second-order valence-corrected chi connectivity index (χ2v) is 6.98. The Kier molecular flexibility index (Phi) is 4.37. The molecule has 0 spiro atoms. The van der Waals surface area contributed by atoms with E-state index < -0.39 is 0 Å². The Morgan fingerprint density at radius 2 is 1.90 bits per heavy atom. The summed E-state index contributed by atoms with van der Waals surface area (Å²) in [5.74, 6) is -0.142. The summed E-state index contributed by atoms with van der Waals surface area (Å²) < 4.78 is 7.27. The monoisotopic (exact) mass is 395 g/mol. The molecule has 5 rings (SSSR count). The number of pyridine rings is 2. The van der Waals surface area contributed by atoms with E-state index in [4.69, 9.17) is 4.42 Å². The Morgan fingerprint density at radius 3 is 2.73 bits per heavy atom. The van der Waals surface area contributed by atoms with Gasteiger partial charge in [-0.3, -0.25) is 14.6 Å². The van der Waals surface area contributed by atoms with E-state index in [1.54, 1.807) is 47.4 Å². The van der Waals surface area contributed by atoms with Crippen molar-refractivity contribution in [2.75, 3.05) is 5.32 Å². The summed E-state index contributed by atoms with van der Waals surface area (Å²) in [7, 11) is 0. The summed E-state index contributed by atoms with van der Waals surface area (Å²) in [5, 5.41) is 4.93. The molecular weight excluding hydrogens is 378 g/mol. The number of fused-ring (bicyclic) bond motifs is 2. The Labute approximate surface area is 171 Å². The van der Waals surface area contributed by atoms with E-state index in [0.29, 0.717) is 28.6 Å². The fourth-order valence-corrected chi connectivity index (χ4v) is 3.52. The number of anilines is 1. The molecule has 1 amide bonds. The maximum absolute atomic E-state index is 13.0. The highest BCUT2D eigenvalue weighted by atomic mass is 16.3. The summed E-state index contributed by atoms with van der Waals surface area (Å²) >= 11 is 0. The van der Waals surface area contributed by atoms with E-state index in [1.165, 1.54) is 0 Å². The van der Waals surface area contributed by atoms with Gasteiger partial charge in [-0.2, -0.15) is 0 Å². The van der Waals surface area contributed by atoms with Crippen LogP contribution in [0.5, 0.6) is 0 Å². The van der Waals surface area contributed by atoms with Gasteiger partial charge in [0.25, 0.3) is 11.5 Å². The van der Waals surface area contributed by atoms with Crippen LogP contribution in [0.4, 0.5) is 5.69 Å². The summed E-state index contributed by atoms with van der Waals surface area (Å²) in [6.07, 6.45) is 5.17. The minimum atomic E-state index is -0.363. The van der Waals surface area contributed by atoms with Gasteiger partial charge in [0.2, 0.25) is 0 Å². The van der Waals surface area contributed by atoms with Crippen molar-refractivity contribution in [3.63, 3.8) is 0 Å². The molecule has 0 saturated heterocycles. The number of benzene rings is 2. The van der Waals surface area contributed by atoms with Gasteiger partial charge in [-0.1, -0.05) is 30.3 Å². The summed E-state index contributed by atoms with van der Waals surface area (Å²) in [5.41, 5.74) is 2.02. The summed E-state index contributed by atoms with van der Waals surface area (Å²) in [4.78, 5) is 29.8. The van der Waals surface area contributed by atoms with Crippen LogP contribution in [0.1, 0.15) is 16.1 Å². The van der Waals surface area contributed by atoms with Crippen molar-refractivity contribution in [3.05, 3.63) is 107 Å². The first-order valence-corrected chi connectivity index (χ1v) is 9.50. The zero-order chi connectivity index (χ0) is 20.5. The molecular formula is C24H17N3O3. The van der Waals surface area contributed by atoms with Crippen molar-refractivity contribution in [1.29, 1.82) is 0 Å². The molecule has 0 unspecified atom stereocenters. The zero-order valence-corrected chi connectivity index (χ0v) is 15.9. The molecule has 3 aromatic heterocycles. The van der Waals surface area contributed by atoms with Crippen LogP contribution in [-0.4, -0.2) is 15.5 Å². The van der Waals surface area contributed by atoms with Crippen LogP contribution in [0, 0.1) is 0 Å². The van der Waals surface area contributed by atoms with E-state index >= 15 is 0 Å². The quantitative estimate of drug-likeness (QED) is 0.488. The third-order valence-corrected chi connectivity index (χ3v) is 4.99. The van der Waals surface area contributed by atoms with E-state index in [9.17, 15) is 9.59 Å². The lowest BCUT2D eigenvalue weighted by Gasteiger charge is -2.10. The number of para-hydroxylation sites is 1. The second-order valence-electron chi connectivity index (χ2n) is 6.98. The van der Waals surface area contributed by atoms with Crippen molar-refractivity contribution in [1.82, 2.24) is 9.55 Å². The van der Waals surface area contributed by atoms with Crippen LogP contribution in [0.2, 0.25) is 0 Å². The molecule has 1 N–H and O–H groups in total. The van der Waals surface area contributed by atoms with Gasteiger partial charge in [-0.05, 0) is 42.0 Å². The van der Waals surface area contributed by atoms with Crippen LogP contribution in [0.15, 0.2) is 94.5 Å². The Hall–Kier alpha value is -4.19. The number of hydrogen-bond acceptors (Lipinski definition) is 4. The average molecular weight is 395 g/mol. The van der Waals surface area contributed by atoms with E-state index in [2.05, 4.69) is 10.3 Å². The van der Waals surface area contributed by atoms with Crippen LogP contribution < -0.4 is 10.9 Å².